The zero-order valence-corrected chi connectivity index (χ0v) is 10.2. The molecule has 0 saturated heterocycles. The van der Waals surface area contributed by atoms with Gasteiger partial charge in [0.15, 0.2) is 0 Å². The smallest absolute Gasteiger partial charge is 0.274 e. The lowest BCUT2D eigenvalue weighted by Gasteiger charge is -2.04. The molecule has 2 N–H and O–H groups in total. The Bertz CT molecular complexity index is 544. The first kappa shape index (κ1) is 11.6. The minimum Gasteiger partial charge on any atom is -0.325 e. The number of aromatic nitrogens is 3. The molecule has 0 bridgehead atoms. The number of amides is 1. The Morgan fingerprint density at radius 1 is 1.41 bits per heavy atom. The maximum Gasteiger partial charge on any atom is 0.274 e. The zero-order valence-electron chi connectivity index (χ0n) is 9.41. The van der Waals surface area contributed by atoms with Crippen LogP contribution in [0.2, 0.25) is 5.28 Å². The van der Waals surface area contributed by atoms with Crippen LogP contribution in [-0.2, 0) is 0 Å². The maximum absolute atomic E-state index is 11.8. The predicted octanol–water partition coefficient (Wildman–Crippen LogP) is 2.33. The number of rotatable bonds is 2. The lowest BCUT2D eigenvalue weighted by molar-refractivity contribution is 0.102. The van der Waals surface area contributed by atoms with Gasteiger partial charge in [-0.2, -0.15) is 0 Å². The van der Waals surface area contributed by atoms with Gasteiger partial charge in [-0.3, -0.25) is 4.79 Å². The molecule has 2 rings (SSSR count). The molecule has 6 heteroatoms. The third-order valence-electron chi connectivity index (χ3n) is 2.13. The Balaban J connectivity index is 2.18. The van der Waals surface area contributed by atoms with Crippen molar-refractivity contribution >= 4 is 23.3 Å². The number of halogens is 1. The number of aryl methyl sites for hydroxylation is 2. The number of carbonyl (C=O) groups is 1. The van der Waals surface area contributed by atoms with E-state index in [-0.39, 0.29) is 11.2 Å². The Kier molecular flexibility index (Phi) is 3.10. The number of carbonyl (C=O) groups excluding carboxylic acids is 1. The number of hydrogen-bond donors (Lipinski definition) is 2. The first-order valence-corrected chi connectivity index (χ1v) is 5.39. The standard InChI is InChI=1S/C11H11ClN4O/c1-6-3-7(2)14-9(4-6)16-10(17)8-5-13-11(12)15-8/h3-5H,1-2H3,(H,13,15)(H,14,16,17). The summed E-state index contributed by atoms with van der Waals surface area (Å²) in [6.45, 7) is 3.81. The highest BCUT2D eigenvalue weighted by molar-refractivity contribution is 6.28. The summed E-state index contributed by atoms with van der Waals surface area (Å²) in [6.07, 6.45) is 1.38. The molecule has 5 nitrogen and oxygen atoms in total. The number of anilines is 1. The lowest BCUT2D eigenvalue weighted by atomic mass is 10.2. The molecule has 2 aromatic rings. The molecule has 0 fully saturated rings. The largest absolute Gasteiger partial charge is 0.325 e. The highest BCUT2D eigenvalue weighted by atomic mass is 35.5. The molecule has 2 aromatic heterocycles. The summed E-state index contributed by atoms with van der Waals surface area (Å²) in [5.41, 5.74) is 2.19. The Morgan fingerprint density at radius 2 is 2.18 bits per heavy atom. The van der Waals surface area contributed by atoms with Crippen molar-refractivity contribution in [2.45, 2.75) is 13.8 Å². The lowest BCUT2D eigenvalue weighted by Crippen LogP contribution is -2.13. The first-order valence-electron chi connectivity index (χ1n) is 5.02. The second kappa shape index (κ2) is 4.55. The first-order chi connectivity index (χ1) is 8.04. The van der Waals surface area contributed by atoms with E-state index < -0.39 is 0 Å². The fourth-order valence-corrected chi connectivity index (χ4v) is 1.65. The molecular formula is C11H11ClN4O. The summed E-state index contributed by atoms with van der Waals surface area (Å²) >= 11 is 5.60. The molecule has 0 aliphatic carbocycles. The van der Waals surface area contributed by atoms with Crippen molar-refractivity contribution in [1.82, 2.24) is 15.0 Å². The van der Waals surface area contributed by atoms with Gasteiger partial charge in [-0.15, -0.1) is 0 Å². The summed E-state index contributed by atoms with van der Waals surface area (Å²) in [5, 5.41) is 2.86. The second-order valence-corrected chi connectivity index (χ2v) is 4.07. The van der Waals surface area contributed by atoms with Crippen LogP contribution in [0.3, 0.4) is 0 Å². The van der Waals surface area contributed by atoms with Crippen molar-refractivity contribution < 1.29 is 4.79 Å². The number of nitrogens with one attached hydrogen (secondary N) is 2. The predicted molar refractivity (Wildman–Crippen MR) is 65.3 cm³/mol. The summed E-state index contributed by atoms with van der Waals surface area (Å²) in [6, 6.07) is 3.73. The third kappa shape index (κ3) is 2.82. The highest BCUT2D eigenvalue weighted by Crippen LogP contribution is 2.11. The number of imidazole rings is 1. The van der Waals surface area contributed by atoms with Gasteiger partial charge in [-0.05, 0) is 43.1 Å². The molecule has 2 heterocycles. The monoisotopic (exact) mass is 250 g/mol. The van der Waals surface area contributed by atoms with Crippen LogP contribution in [0.15, 0.2) is 18.3 Å². The molecule has 0 radical (unpaired) electrons. The van der Waals surface area contributed by atoms with Crippen molar-refractivity contribution in [1.29, 1.82) is 0 Å². The fourth-order valence-electron chi connectivity index (χ4n) is 1.50. The fraction of sp³-hybridized carbons (Fsp3) is 0.182. The number of aromatic amines is 1. The quantitative estimate of drug-likeness (QED) is 0.859. The van der Waals surface area contributed by atoms with Crippen LogP contribution in [0.25, 0.3) is 0 Å². The minimum atomic E-state index is -0.318. The van der Waals surface area contributed by atoms with E-state index in [0.717, 1.165) is 11.3 Å². The molecule has 17 heavy (non-hydrogen) atoms. The van der Waals surface area contributed by atoms with Crippen molar-refractivity contribution in [3.05, 3.63) is 40.6 Å². The van der Waals surface area contributed by atoms with E-state index in [1.54, 1.807) is 6.07 Å². The molecule has 0 saturated carbocycles. The molecular weight excluding hydrogens is 240 g/mol. The van der Waals surface area contributed by atoms with Gasteiger partial charge in [-0.1, -0.05) is 0 Å². The average molecular weight is 251 g/mol. The summed E-state index contributed by atoms with van der Waals surface area (Å²) in [7, 11) is 0. The molecule has 0 atom stereocenters. The Labute approximate surface area is 103 Å². The van der Waals surface area contributed by atoms with Gasteiger partial charge >= 0.3 is 0 Å². The number of hydrogen-bond acceptors (Lipinski definition) is 3. The van der Waals surface area contributed by atoms with Gasteiger partial charge in [-0.25, -0.2) is 9.97 Å². The van der Waals surface area contributed by atoms with Crippen LogP contribution < -0.4 is 5.32 Å². The molecule has 88 valence electrons. The van der Waals surface area contributed by atoms with Crippen molar-refractivity contribution in [2.24, 2.45) is 0 Å². The van der Waals surface area contributed by atoms with Gasteiger partial charge in [0.2, 0.25) is 5.28 Å². The van der Waals surface area contributed by atoms with Crippen LogP contribution in [0.5, 0.6) is 0 Å². The van der Waals surface area contributed by atoms with E-state index in [4.69, 9.17) is 11.6 Å². The maximum atomic E-state index is 11.8. The summed E-state index contributed by atoms with van der Waals surface area (Å²) < 4.78 is 0. The van der Waals surface area contributed by atoms with Gasteiger partial charge < -0.3 is 10.3 Å². The molecule has 0 aliphatic rings. The van der Waals surface area contributed by atoms with Gasteiger partial charge in [0.1, 0.15) is 11.5 Å². The van der Waals surface area contributed by atoms with Crippen LogP contribution in [0.4, 0.5) is 5.82 Å². The zero-order chi connectivity index (χ0) is 12.4. The SMILES string of the molecule is Cc1cc(C)nc(NC(=O)c2cnc(Cl)[nH]2)c1. The van der Waals surface area contributed by atoms with Gasteiger partial charge in [0, 0.05) is 5.69 Å². The highest BCUT2D eigenvalue weighted by Gasteiger charge is 2.10. The Morgan fingerprint density at radius 3 is 2.76 bits per heavy atom. The molecule has 0 spiro atoms. The van der Waals surface area contributed by atoms with E-state index in [1.165, 1.54) is 6.20 Å². The minimum absolute atomic E-state index is 0.184. The Hall–Kier alpha value is -1.88. The molecule has 1 amide bonds. The van der Waals surface area contributed by atoms with E-state index in [9.17, 15) is 4.79 Å². The van der Waals surface area contributed by atoms with Gasteiger partial charge in [0.25, 0.3) is 5.91 Å². The topological polar surface area (TPSA) is 70.7 Å². The van der Waals surface area contributed by atoms with Crippen LogP contribution in [0, 0.1) is 13.8 Å². The van der Waals surface area contributed by atoms with E-state index in [0.29, 0.717) is 11.5 Å². The second-order valence-electron chi connectivity index (χ2n) is 3.71. The van der Waals surface area contributed by atoms with Crippen molar-refractivity contribution in [2.75, 3.05) is 5.32 Å². The van der Waals surface area contributed by atoms with Crippen molar-refractivity contribution in [3.8, 4) is 0 Å². The summed E-state index contributed by atoms with van der Waals surface area (Å²) in [5.74, 6) is 0.195. The van der Waals surface area contributed by atoms with E-state index in [2.05, 4.69) is 20.3 Å². The van der Waals surface area contributed by atoms with Gasteiger partial charge in [0.05, 0.1) is 6.20 Å². The van der Waals surface area contributed by atoms with Crippen LogP contribution in [0.1, 0.15) is 21.7 Å². The van der Waals surface area contributed by atoms with Crippen LogP contribution in [-0.4, -0.2) is 20.9 Å². The molecule has 0 aromatic carbocycles. The number of nitrogens with zero attached hydrogens (tertiary/aromatic N) is 2. The molecule has 0 unspecified atom stereocenters. The molecule has 0 aliphatic heterocycles. The summed E-state index contributed by atoms with van der Waals surface area (Å²) in [4.78, 5) is 22.4. The average Bonchev–Trinajstić information content (AvgIpc) is 2.63. The van der Waals surface area contributed by atoms with Crippen LogP contribution >= 0.6 is 11.6 Å². The van der Waals surface area contributed by atoms with E-state index >= 15 is 0 Å². The number of pyridine rings is 1. The number of H-pyrrole nitrogens is 1. The van der Waals surface area contributed by atoms with Crippen molar-refractivity contribution in [3.63, 3.8) is 0 Å². The third-order valence-corrected chi connectivity index (χ3v) is 2.32. The normalized spacial score (nSPS) is 10.3. The van der Waals surface area contributed by atoms with E-state index in [1.807, 2.05) is 19.9 Å².